The Morgan fingerprint density at radius 2 is 1.87 bits per heavy atom. The SMILES string of the molecule is Cc1nc(N2CC(C)CC(C)C2)ncc1-c1cc(=O)n(-c2ccc3nnc(C)n3n2)[nH]1. The third kappa shape index (κ3) is 3.47. The molecule has 5 rings (SSSR count). The molecule has 0 spiro atoms. The number of nitrogens with zero attached hydrogens (tertiary/aromatic N) is 8. The Bertz CT molecular complexity index is 1310. The maximum absolute atomic E-state index is 12.7. The number of hydrogen-bond donors (Lipinski definition) is 1. The van der Waals surface area contributed by atoms with Crippen molar-refractivity contribution in [1.82, 2.24) is 39.6 Å². The predicted molar refractivity (Wildman–Crippen MR) is 116 cm³/mol. The highest BCUT2D eigenvalue weighted by Crippen LogP contribution is 2.26. The summed E-state index contributed by atoms with van der Waals surface area (Å²) in [7, 11) is 0. The molecule has 0 bridgehead atoms. The van der Waals surface area contributed by atoms with Gasteiger partial charge in [-0.2, -0.15) is 9.20 Å². The van der Waals surface area contributed by atoms with Gasteiger partial charge in [-0.1, -0.05) is 13.8 Å². The molecule has 0 radical (unpaired) electrons. The number of anilines is 1. The summed E-state index contributed by atoms with van der Waals surface area (Å²) in [6.07, 6.45) is 3.02. The van der Waals surface area contributed by atoms with E-state index in [4.69, 9.17) is 4.98 Å². The van der Waals surface area contributed by atoms with Crippen molar-refractivity contribution in [1.29, 1.82) is 0 Å². The highest BCUT2D eigenvalue weighted by atomic mass is 16.1. The van der Waals surface area contributed by atoms with Crippen LogP contribution in [-0.4, -0.2) is 52.6 Å². The standard InChI is InChI=1S/C21H25N9O/c1-12-7-13(2)11-28(10-12)21-22-9-16(14(3)23-21)17-8-20(31)30(26-17)19-6-5-18-25-24-15(4)29(18)27-19/h5-6,8-9,12-13,26H,7,10-11H2,1-4H3. The molecular weight excluding hydrogens is 394 g/mol. The number of aromatic amines is 1. The summed E-state index contributed by atoms with van der Waals surface area (Å²) in [4.78, 5) is 24.3. The fraction of sp³-hybridized carbons (Fsp3) is 0.429. The normalized spacial score (nSPS) is 19.3. The maximum atomic E-state index is 12.7. The van der Waals surface area contributed by atoms with Gasteiger partial charge in [0.25, 0.3) is 5.56 Å². The average Bonchev–Trinajstić information content (AvgIpc) is 3.29. The minimum absolute atomic E-state index is 0.213. The molecule has 1 N–H and O–H groups in total. The Morgan fingerprint density at radius 1 is 1.10 bits per heavy atom. The van der Waals surface area contributed by atoms with Gasteiger partial charge in [-0.25, -0.2) is 9.97 Å². The lowest BCUT2D eigenvalue weighted by atomic mass is 9.92. The van der Waals surface area contributed by atoms with Crippen LogP contribution < -0.4 is 10.5 Å². The van der Waals surface area contributed by atoms with E-state index in [-0.39, 0.29) is 5.56 Å². The van der Waals surface area contributed by atoms with Gasteiger partial charge in [0.05, 0.1) is 11.4 Å². The molecule has 1 fully saturated rings. The van der Waals surface area contributed by atoms with Crippen LogP contribution in [-0.2, 0) is 0 Å². The number of hydrogen-bond acceptors (Lipinski definition) is 7. The second-order valence-electron chi connectivity index (χ2n) is 8.57. The van der Waals surface area contributed by atoms with E-state index in [0.29, 0.717) is 34.8 Å². The van der Waals surface area contributed by atoms with Crippen molar-refractivity contribution < 1.29 is 0 Å². The summed E-state index contributed by atoms with van der Waals surface area (Å²) in [6.45, 7) is 10.2. The Balaban J connectivity index is 1.48. The van der Waals surface area contributed by atoms with Crippen molar-refractivity contribution in [3.05, 3.63) is 46.3 Å². The van der Waals surface area contributed by atoms with Crippen molar-refractivity contribution in [3.8, 4) is 17.1 Å². The number of fused-ring (bicyclic) bond motifs is 1. The van der Waals surface area contributed by atoms with Gasteiger partial charge >= 0.3 is 0 Å². The summed E-state index contributed by atoms with van der Waals surface area (Å²) >= 11 is 0. The van der Waals surface area contributed by atoms with Crippen LogP contribution in [0.5, 0.6) is 0 Å². The molecule has 31 heavy (non-hydrogen) atoms. The zero-order valence-corrected chi connectivity index (χ0v) is 18.1. The molecule has 5 heterocycles. The second kappa shape index (κ2) is 7.29. The molecule has 2 atom stereocenters. The second-order valence-corrected chi connectivity index (χ2v) is 8.57. The van der Waals surface area contributed by atoms with Gasteiger partial charge in [-0.15, -0.1) is 15.3 Å². The number of aromatic nitrogens is 8. The van der Waals surface area contributed by atoms with Crippen molar-refractivity contribution in [2.45, 2.75) is 34.1 Å². The first-order valence-electron chi connectivity index (χ1n) is 10.5. The smallest absolute Gasteiger partial charge is 0.273 e. The number of nitrogens with one attached hydrogen (secondary N) is 1. The predicted octanol–water partition coefficient (Wildman–Crippen LogP) is 2.16. The summed E-state index contributed by atoms with van der Waals surface area (Å²) in [6, 6.07) is 5.05. The largest absolute Gasteiger partial charge is 0.340 e. The van der Waals surface area contributed by atoms with Gasteiger partial charge in [0.15, 0.2) is 17.3 Å². The van der Waals surface area contributed by atoms with Crippen LogP contribution in [0.3, 0.4) is 0 Å². The van der Waals surface area contributed by atoms with Crippen LogP contribution in [0.2, 0.25) is 0 Å². The summed E-state index contributed by atoms with van der Waals surface area (Å²) in [5.41, 5.74) is 2.68. The van der Waals surface area contributed by atoms with Crippen LogP contribution in [0.25, 0.3) is 22.7 Å². The van der Waals surface area contributed by atoms with Crippen molar-refractivity contribution in [2.24, 2.45) is 11.8 Å². The molecule has 0 aliphatic carbocycles. The molecule has 4 aromatic rings. The molecule has 1 aliphatic rings. The number of piperidine rings is 1. The van der Waals surface area contributed by atoms with Crippen LogP contribution >= 0.6 is 0 Å². The van der Waals surface area contributed by atoms with Gasteiger partial charge in [0.2, 0.25) is 5.95 Å². The fourth-order valence-electron chi connectivity index (χ4n) is 4.41. The first-order valence-corrected chi connectivity index (χ1v) is 10.5. The van der Waals surface area contributed by atoms with E-state index >= 15 is 0 Å². The third-order valence-corrected chi connectivity index (χ3v) is 5.76. The number of aryl methyl sites for hydroxylation is 2. The van der Waals surface area contributed by atoms with Crippen LogP contribution in [0.4, 0.5) is 5.95 Å². The zero-order chi connectivity index (χ0) is 21.7. The number of rotatable bonds is 3. The lowest BCUT2D eigenvalue weighted by Gasteiger charge is -2.35. The molecular formula is C21H25N9O. The van der Waals surface area contributed by atoms with E-state index in [2.05, 4.69) is 44.1 Å². The maximum Gasteiger partial charge on any atom is 0.273 e. The highest BCUT2D eigenvalue weighted by Gasteiger charge is 2.24. The van der Waals surface area contributed by atoms with E-state index in [0.717, 1.165) is 30.3 Å². The molecule has 10 heteroatoms. The lowest BCUT2D eigenvalue weighted by Crippen LogP contribution is -2.39. The van der Waals surface area contributed by atoms with E-state index in [1.165, 1.54) is 11.1 Å². The van der Waals surface area contributed by atoms with E-state index in [1.54, 1.807) is 28.9 Å². The monoisotopic (exact) mass is 419 g/mol. The van der Waals surface area contributed by atoms with Gasteiger partial charge in [0.1, 0.15) is 0 Å². The zero-order valence-electron chi connectivity index (χ0n) is 18.1. The van der Waals surface area contributed by atoms with Crippen molar-refractivity contribution in [3.63, 3.8) is 0 Å². The molecule has 4 aromatic heterocycles. The van der Waals surface area contributed by atoms with Crippen LogP contribution in [0, 0.1) is 25.7 Å². The van der Waals surface area contributed by atoms with E-state index < -0.39 is 0 Å². The first-order chi connectivity index (χ1) is 14.9. The Morgan fingerprint density at radius 3 is 2.61 bits per heavy atom. The van der Waals surface area contributed by atoms with Crippen LogP contribution in [0.15, 0.2) is 29.2 Å². The average molecular weight is 419 g/mol. The molecule has 0 aromatic carbocycles. The van der Waals surface area contributed by atoms with Gasteiger partial charge in [-0.05, 0) is 44.2 Å². The molecule has 0 amide bonds. The van der Waals surface area contributed by atoms with Crippen molar-refractivity contribution >= 4 is 11.6 Å². The highest BCUT2D eigenvalue weighted by molar-refractivity contribution is 5.61. The first kappa shape index (κ1) is 19.4. The minimum Gasteiger partial charge on any atom is -0.340 e. The third-order valence-electron chi connectivity index (χ3n) is 5.76. The van der Waals surface area contributed by atoms with Crippen LogP contribution in [0.1, 0.15) is 31.8 Å². The summed E-state index contributed by atoms with van der Waals surface area (Å²) in [5.74, 6) is 3.10. The Labute approximate surface area is 179 Å². The summed E-state index contributed by atoms with van der Waals surface area (Å²) < 4.78 is 3.00. The fourth-order valence-corrected chi connectivity index (χ4v) is 4.41. The molecule has 160 valence electrons. The minimum atomic E-state index is -0.213. The van der Waals surface area contributed by atoms with Gasteiger partial charge in [0, 0.05) is 30.9 Å². The molecule has 1 saturated heterocycles. The van der Waals surface area contributed by atoms with Gasteiger partial charge < -0.3 is 4.90 Å². The Hall–Kier alpha value is -3.56. The Kier molecular flexibility index (Phi) is 4.57. The molecule has 2 unspecified atom stereocenters. The topological polar surface area (TPSA) is 110 Å². The van der Waals surface area contributed by atoms with E-state index in [9.17, 15) is 4.79 Å². The van der Waals surface area contributed by atoms with Gasteiger partial charge in [-0.3, -0.25) is 9.89 Å². The number of H-pyrrole nitrogens is 1. The molecule has 10 nitrogen and oxygen atoms in total. The quantitative estimate of drug-likeness (QED) is 0.542. The van der Waals surface area contributed by atoms with Crippen molar-refractivity contribution in [2.75, 3.05) is 18.0 Å². The summed E-state index contributed by atoms with van der Waals surface area (Å²) in [5, 5.41) is 15.6. The molecule has 1 aliphatic heterocycles. The molecule has 0 saturated carbocycles. The lowest BCUT2D eigenvalue weighted by molar-refractivity contribution is 0.353. The van der Waals surface area contributed by atoms with E-state index in [1.807, 2.05) is 13.8 Å².